The predicted octanol–water partition coefficient (Wildman–Crippen LogP) is 3.62. The zero-order valence-corrected chi connectivity index (χ0v) is 12.0. The Morgan fingerprint density at radius 2 is 1.95 bits per heavy atom. The number of nitrogens with one attached hydrogen (secondary N) is 1. The van der Waals surface area contributed by atoms with Gasteiger partial charge >= 0.3 is 5.69 Å². The number of carbonyl (C=O) groups excluding carboxylic acids is 1. The lowest BCUT2D eigenvalue weighted by Crippen LogP contribution is -2.28. The Kier molecular flexibility index (Phi) is 4.83. The zero-order chi connectivity index (χ0) is 16.1. The van der Waals surface area contributed by atoms with Gasteiger partial charge in [0.15, 0.2) is 0 Å². The van der Waals surface area contributed by atoms with Crippen LogP contribution in [0, 0.1) is 15.9 Å². The van der Waals surface area contributed by atoms with Crippen molar-refractivity contribution in [2.45, 2.75) is 19.4 Å². The fraction of sp³-hybridized carbons (Fsp3) is 0.188. The van der Waals surface area contributed by atoms with Gasteiger partial charge in [-0.1, -0.05) is 37.3 Å². The first kappa shape index (κ1) is 15.6. The van der Waals surface area contributed by atoms with Crippen molar-refractivity contribution in [2.75, 3.05) is 0 Å². The molecule has 0 saturated heterocycles. The van der Waals surface area contributed by atoms with E-state index in [1.54, 1.807) is 0 Å². The van der Waals surface area contributed by atoms with E-state index in [0.717, 1.165) is 17.7 Å². The second kappa shape index (κ2) is 6.80. The summed E-state index contributed by atoms with van der Waals surface area (Å²) in [6.45, 7) is 1.92. The average molecular weight is 302 g/mol. The molecule has 2 rings (SSSR count). The summed E-state index contributed by atoms with van der Waals surface area (Å²) in [5.74, 6) is -1.43. The van der Waals surface area contributed by atoms with Crippen LogP contribution in [-0.4, -0.2) is 10.8 Å². The number of amides is 1. The van der Waals surface area contributed by atoms with Gasteiger partial charge in [0.05, 0.1) is 11.0 Å². The van der Waals surface area contributed by atoms with Crippen LogP contribution in [0.15, 0.2) is 48.5 Å². The Balaban J connectivity index is 2.21. The highest BCUT2D eigenvalue weighted by Gasteiger charge is 2.19. The number of nitrogens with zero attached hydrogens (tertiary/aromatic N) is 1. The van der Waals surface area contributed by atoms with Crippen LogP contribution in [0.1, 0.15) is 35.3 Å². The third-order valence-electron chi connectivity index (χ3n) is 3.32. The van der Waals surface area contributed by atoms with Crippen LogP contribution in [0.3, 0.4) is 0 Å². The highest BCUT2D eigenvalue weighted by atomic mass is 19.1. The van der Waals surface area contributed by atoms with Gasteiger partial charge in [-0.2, -0.15) is 4.39 Å². The minimum Gasteiger partial charge on any atom is -0.345 e. The van der Waals surface area contributed by atoms with Crippen molar-refractivity contribution in [2.24, 2.45) is 0 Å². The van der Waals surface area contributed by atoms with Crippen molar-refractivity contribution in [1.29, 1.82) is 0 Å². The van der Waals surface area contributed by atoms with E-state index in [4.69, 9.17) is 0 Å². The lowest BCUT2D eigenvalue weighted by Gasteiger charge is -2.17. The van der Waals surface area contributed by atoms with Crippen molar-refractivity contribution in [1.82, 2.24) is 5.32 Å². The molecule has 0 bridgehead atoms. The third kappa shape index (κ3) is 3.46. The van der Waals surface area contributed by atoms with E-state index >= 15 is 0 Å². The summed E-state index contributed by atoms with van der Waals surface area (Å²) in [6.07, 6.45) is 0.666. The van der Waals surface area contributed by atoms with Gasteiger partial charge in [0.25, 0.3) is 5.91 Å². The monoisotopic (exact) mass is 302 g/mol. The third-order valence-corrected chi connectivity index (χ3v) is 3.32. The van der Waals surface area contributed by atoms with E-state index < -0.39 is 22.3 Å². The molecule has 0 aliphatic heterocycles. The maximum absolute atomic E-state index is 13.3. The molecule has 2 aromatic carbocycles. The van der Waals surface area contributed by atoms with Crippen LogP contribution >= 0.6 is 0 Å². The van der Waals surface area contributed by atoms with Gasteiger partial charge in [-0.15, -0.1) is 0 Å². The summed E-state index contributed by atoms with van der Waals surface area (Å²) >= 11 is 0. The summed E-state index contributed by atoms with van der Waals surface area (Å²) in [4.78, 5) is 22.1. The molecular formula is C16H15FN2O3. The van der Waals surface area contributed by atoms with Gasteiger partial charge in [0, 0.05) is 11.6 Å². The number of hydrogen-bond donors (Lipinski definition) is 1. The number of nitro benzene ring substituents is 1. The van der Waals surface area contributed by atoms with Gasteiger partial charge in [0.1, 0.15) is 0 Å². The largest absolute Gasteiger partial charge is 0.345 e. The molecule has 2 aromatic rings. The van der Waals surface area contributed by atoms with Gasteiger partial charge in [-0.25, -0.2) is 0 Å². The number of rotatable bonds is 5. The number of halogens is 1. The van der Waals surface area contributed by atoms with Crippen LogP contribution in [-0.2, 0) is 0 Å². The van der Waals surface area contributed by atoms with Crippen LogP contribution in [0.4, 0.5) is 10.1 Å². The molecular weight excluding hydrogens is 287 g/mol. The Labute approximate surface area is 126 Å². The maximum atomic E-state index is 13.3. The lowest BCUT2D eigenvalue weighted by atomic mass is 10.0. The molecule has 114 valence electrons. The average Bonchev–Trinajstić information content (AvgIpc) is 2.53. The Morgan fingerprint density at radius 1 is 1.27 bits per heavy atom. The minimum atomic E-state index is -0.961. The van der Waals surface area contributed by atoms with Gasteiger partial charge in [-0.05, 0) is 24.1 Å². The van der Waals surface area contributed by atoms with E-state index in [9.17, 15) is 19.3 Å². The number of carbonyl (C=O) groups is 1. The molecule has 6 heteroatoms. The van der Waals surface area contributed by atoms with Crippen LogP contribution in [0.25, 0.3) is 0 Å². The molecule has 0 spiro atoms. The molecule has 0 saturated carbocycles. The molecule has 0 aromatic heterocycles. The second-order valence-corrected chi connectivity index (χ2v) is 4.77. The van der Waals surface area contributed by atoms with E-state index in [-0.39, 0.29) is 11.6 Å². The van der Waals surface area contributed by atoms with Crippen molar-refractivity contribution in [3.05, 3.63) is 75.6 Å². The Morgan fingerprint density at radius 3 is 2.55 bits per heavy atom. The predicted molar refractivity (Wildman–Crippen MR) is 80.0 cm³/mol. The molecule has 1 atom stereocenters. The van der Waals surface area contributed by atoms with Crippen molar-refractivity contribution < 1.29 is 14.1 Å². The molecule has 1 unspecified atom stereocenters. The van der Waals surface area contributed by atoms with Crippen LogP contribution in [0.2, 0.25) is 0 Å². The van der Waals surface area contributed by atoms with Gasteiger partial charge in [-0.3, -0.25) is 14.9 Å². The fourth-order valence-electron chi connectivity index (χ4n) is 2.14. The molecule has 0 radical (unpaired) electrons. The van der Waals surface area contributed by atoms with E-state index in [2.05, 4.69) is 5.32 Å². The fourth-order valence-corrected chi connectivity index (χ4v) is 2.14. The van der Waals surface area contributed by atoms with Crippen molar-refractivity contribution >= 4 is 11.6 Å². The molecule has 1 N–H and O–H groups in total. The highest BCUT2D eigenvalue weighted by Crippen LogP contribution is 2.20. The van der Waals surface area contributed by atoms with Crippen molar-refractivity contribution in [3.63, 3.8) is 0 Å². The summed E-state index contributed by atoms with van der Waals surface area (Å²) in [6, 6.07) is 12.3. The Bertz CT molecular complexity index is 689. The second-order valence-electron chi connectivity index (χ2n) is 4.77. The van der Waals surface area contributed by atoms with Crippen molar-refractivity contribution in [3.8, 4) is 0 Å². The first-order chi connectivity index (χ1) is 10.5. The molecule has 0 heterocycles. The molecule has 0 fully saturated rings. The normalized spacial score (nSPS) is 11.7. The summed E-state index contributed by atoms with van der Waals surface area (Å²) in [5.41, 5.74) is 0.290. The summed E-state index contributed by atoms with van der Waals surface area (Å²) in [7, 11) is 0. The van der Waals surface area contributed by atoms with E-state index in [1.807, 2.05) is 37.3 Å². The minimum absolute atomic E-state index is 0.0579. The molecule has 0 aliphatic carbocycles. The molecule has 1 amide bonds. The smallest absolute Gasteiger partial charge is 0.305 e. The van der Waals surface area contributed by atoms with Crippen LogP contribution < -0.4 is 5.32 Å². The maximum Gasteiger partial charge on any atom is 0.305 e. The summed E-state index contributed by atoms with van der Waals surface area (Å²) in [5, 5.41) is 13.5. The number of benzene rings is 2. The quantitative estimate of drug-likeness (QED) is 0.677. The lowest BCUT2D eigenvalue weighted by molar-refractivity contribution is -0.387. The first-order valence-electron chi connectivity index (χ1n) is 6.82. The zero-order valence-electron chi connectivity index (χ0n) is 12.0. The standard InChI is InChI=1S/C16H15FN2O3/c1-2-14(11-6-4-3-5-7-11)18-16(20)12-8-9-13(17)15(10-12)19(21)22/h3-10,14H,2H2,1H3,(H,18,20). The number of hydrogen-bond acceptors (Lipinski definition) is 3. The highest BCUT2D eigenvalue weighted by molar-refractivity contribution is 5.95. The number of nitro groups is 1. The molecule has 5 nitrogen and oxygen atoms in total. The van der Waals surface area contributed by atoms with Gasteiger partial charge in [0.2, 0.25) is 5.82 Å². The SMILES string of the molecule is CCC(NC(=O)c1ccc(F)c([N+](=O)[O-])c1)c1ccccc1. The van der Waals surface area contributed by atoms with Crippen LogP contribution in [0.5, 0.6) is 0 Å². The first-order valence-corrected chi connectivity index (χ1v) is 6.82. The molecule has 0 aliphatic rings. The topological polar surface area (TPSA) is 72.2 Å². The Hall–Kier alpha value is -2.76. The van der Waals surface area contributed by atoms with Gasteiger partial charge < -0.3 is 5.32 Å². The molecule has 22 heavy (non-hydrogen) atoms. The van der Waals surface area contributed by atoms with E-state index in [1.165, 1.54) is 6.07 Å². The summed E-state index contributed by atoms with van der Waals surface area (Å²) < 4.78 is 13.3. The van der Waals surface area contributed by atoms with E-state index in [0.29, 0.717) is 6.42 Å².